The number of benzene rings is 2. The molecule has 2 aromatic carbocycles. The van der Waals surface area contributed by atoms with Gasteiger partial charge in [0, 0.05) is 49.4 Å². The minimum atomic E-state index is -0.305. The third-order valence-electron chi connectivity index (χ3n) is 7.14. The van der Waals surface area contributed by atoms with Gasteiger partial charge in [-0.05, 0) is 49.9 Å². The topological polar surface area (TPSA) is 60.9 Å². The second-order valence-corrected chi connectivity index (χ2v) is 9.23. The van der Waals surface area contributed by atoms with E-state index in [1.807, 2.05) is 58.3 Å². The van der Waals surface area contributed by atoms with Crippen LogP contribution < -0.4 is 9.80 Å². The average molecular weight is 432 g/mol. The summed E-state index contributed by atoms with van der Waals surface area (Å²) >= 11 is 0. The van der Waals surface area contributed by atoms with Crippen LogP contribution in [0.3, 0.4) is 0 Å². The summed E-state index contributed by atoms with van der Waals surface area (Å²) in [7, 11) is 0. The molecule has 6 heteroatoms. The fourth-order valence-corrected chi connectivity index (χ4v) is 5.43. The Balaban J connectivity index is 1.19. The maximum Gasteiger partial charge on any atom is 0.230 e. The second-order valence-electron chi connectivity index (χ2n) is 9.23. The molecule has 0 aliphatic carbocycles. The van der Waals surface area contributed by atoms with Gasteiger partial charge in [-0.3, -0.25) is 14.4 Å². The van der Waals surface area contributed by atoms with Crippen LogP contribution in [0.2, 0.25) is 0 Å². The third kappa shape index (κ3) is 3.68. The number of amides is 3. The lowest BCUT2D eigenvalue weighted by atomic mass is 9.93. The molecule has 2 fully saturated rings. The molecule has 2 saturated heterocycles. The molecule has 0 saturated carbocycles. The van der Waals surface area contributed by atoms with Gasteiger partial charge in [-0.15, -0.1) is 0 Å². The Morgan fingerprint density at radius 1 is 0.844 bits per heavy atom. The summed E-state index contributed by atoms with van der Waals surface area (Å²) in [5.74, 6) is -0.135. The highest BCUT2D eigenvalue weighted by atomic mass is 16.2. The van der Waals surface area contributed by atoms with Crippen molar-refractivity contribution in [1.29, 1.82) is 0 Å². The first-order chi connectivity index (χ1) is 15.5. The maximum absolute atomic E-state index is 13.3. The molecule has 0 N–H and O–H groups in total. The van der Waals surface area contributed by atoms with Crippen LogP contribution in [0.15, 0.2) is 54.6 Å². The van der Waals surface area contributed by atoms with E-state index in [9.17, 15) is 14.4 Å². The lowest BCUT2D eigenvalue weighted by Crippen LogP contribution is -2.47. The highest BCUT2D eigenvalue weighted by Gasteiger charge is 2.40. The first-order valence-electron chi connectivity index (χ1n) is 11.6. The molecule has 166 valence electrons. The predicted molar refractivity (Wildman–Crippen MR) is 123 cm³/mol. The van der Waals surface area contributed by atoms with Crippen LogP contribution in [-0.4, -0.2) is 48.3 Å². The minimum Gasteiger partial charge on any atom is -0.342 e. The molecule has 3 aliphatic heterocycles. The van der Waals surface area contributed by atoms with Crippen molar-refractivity contribution in [2.75, 3.05) is 29.4 Å². The molecule has 0 radical (unpaired) electrons. The Hall–Kier alpha value is -3.15. The number of likely N-dealkylation sites (tertiary alicyclic amines) is 1. The molecule has 6 nitrogen and oxygen atoms in total. The van der Waals surface area contributed by atoms with Gasteiger partial charge < -0.3 is 14.7 Å². The van der Waals surface area contributed by atoms with E-state index in [2.05, 4.69) is 13.0 Å². The van der Waals surface area contributed by atoms with E-state index in [4.69, 9.17) is 0 Å². The Morgan fingerprint density at radius 2 is 1.53 bits per heavy atom. The standard InChI is InChI=1S/C26H29N3O3/c1-18-15-20-7-5-6-10-23(20)29(18)26(32)19-11-13-27(14-12-19)25(31)21-16-24(30)28(17-21)22-8-3-2-4-9-22/h2-10,18-19,21H,11-17H2,1H3. The summed E-state index contributed by atoms with van der Waals surface area (Å²) in [6, 6.07) is 17.8. The molecule has 3 heterocycles. The Kier molecular flexibility index (Phi) is 5.45. The molecule has 3 aliphatic rings. The monoisotopic (exact) mass is 431 g/mol. The van der Waals surface area contributed by atoms with Crippen LogP contribution in [0.1, 0.15) is 31.7 Å². The van der Waals surface area contributed by atoms with Gasteiger partial charge >= 0.3 is 0 Å². The molecule has 32 heavy (non-hydrogen) atoms. The van der Waals surface area contributed by atoms with Gasteiger partial charge in [0.25, 0.3) is 0 Å². The Labute approximate surface area is 188 Å². The summed E-state index contributed by atoms with van der Waals surface area (Å²) in [6.07, 6.45) is 2.51. The van der Waals surface area contributed by atoms with Crippen LogP contribution in [0.25, 0.3) is 0 Å². The Bertz CT molecular complexity index is 1030. The van der Waals surface area contributed by atoms with E-state index in [-0.39, 0.29) is 42.0 Å². The number of piperidine rings is 1. The highest BCUT2D eigenvalue weighted by molar-refractivity contribution is 6.00. The van der Waals surface area contributed by atoms with Gasteiger partial charge in [-0.25, -0.2) is 0 Å². The lowest BCUT2D eigenvalue weighted by molar-refractivity contribution is -0.138. The van der Waals surface area contributed by atoms with Gasteiger partial charge in [-0.1, -0.05) is 36.4 Å². The predicted octanol–water partition coefficient (Wildman–Crippen LogP) is 3.26. The minimum absolute atomic E-state index is 0.00120. The summed E-state index contributed by atoms with van der Waals surface area (Å²) in [6.45, 7) is 3.69. The molecule has 2 unspecified atom stereocenters. The highest BCUT2D eigenvalue weighted by Crippen LogP contribution is 2.35. The number of rotatable bonds is 3. The largest absolute Gasteiger partial charge is 0.342 e. The summed E-state index contributed by atoms with van der Waals surface area (Å²) < 4.78 is 0. The zero-order valence-electron chi connectivity index (χ0n) is 18.4. The number of hydrogen-bond acceptors (Lipinski definition) is 3. The van der Waals surface area contributed by atoms with Crippen molar-refractivity contribution in [3.05, 3.63) is 60.2 Å². The van der Waals surface area contributed by atoms with Gasteiger partial charge in [-0.2, -0.15) is 0 Å². The van der Waals surface area contributed by atoms with Crippen LogP contribution in [0.5, 0.6) is 0 Å². The van der Waals surface area contributed by atoms with Crippen molar-refractivity contribution < 1.29 is 14.4 Å². The van der Waals surface area contributed by atoms with Gasteiger partial charge in [0.2, 0.25) is 17.7 Å². The molecule has 5 rings (SSSR count). The lowest BCUT2D eigenvalue weighted by Gasteiger charge is -2.35. The van der Waals surface area contributed by atoms with Crippen LogP contribution in [-0.2, 0) is 20.8 Å². The summed E-state index contributed by atoms with van der Waals surface area (Å²) in [5.41, 5.74) is 3.11. The zero-order chi connectivity index (χ0) is 22.2. The number of fused-ring (bicyclic) bond motifs is 1. The number of nitrogens with zero attached hydrogens (tertiary/aromatic N) is 3. The molecular weight excluding hydrogens is 402 g/mol. The zero-order valence-corrected chi connectivity index (χ0v) is 18.4. The maximum atomic E-state index is 13.3. The fourth-order valence-electron chi connectivity index (χ4n) is 5.43. The molecular formula is C26H29N3O3. The number of para-hydroxylation sites is 2. The van der Waals surface area contributed by atoms with E-state index in [0.717, 1.165) is 17.8 Å². The van der Waals surface area contributed by atoms with Crippen molar-refractivity contribution in [1.82, 2.24) is 4.90 Å². The van der Waals surface area contributed by atoms with Crippen molar-refractivity contribution in [2.45, 2.75) is 38.6 Å². The quantitative estimate of drug-likeness (QED) is 0.750. The summed E-state index contributed by atoms with van der Waals surface area (Å²) in [4.78, 5) is 44.5. The van der Waals surface area contributed by atoms with Gasteiger partial charge in [0.1, 0.15) is 0 Å². The normalized spacial score (nSPS) is 23.5. The number of carbonyl (C=O) groups excluding carboxylic acids is 3. The third-order valence-corrected chi connectivity index (χ3v) is 7.14. The molecule has 0 bridgehead atoms. The molecule has 2 atom stereocenters. The van der Waals surface area contributed by atoms with E-state index in [0.29, 0.717) is 32.5 Å². The molecule has 0 spiro atoms. The van der Waals surface area contributed by atoms with Gasteiger partial charge in [0.05, 0.1) is 5.92 Å². The van der Waals surface area contributed by atoms with Crippen molar-refractivity contribution in [3.63, 3.8) is 0 Å². The first kappa shape index (κ1) is 20.7. The van der Waals surface area contributed by atoms with Crippen LogP contribution >= 0.6 is 0 Å². The van der Waals surface area contributed by atoms with Crippen molar-refractivity contribution >= 4 is 29.1 Å². The Morgan fingerprint density at radius 3 is 2.28 bits per heavy atom. The van der Waals surface area contributed by atoms with Crippen LogP contribution in [0.4, 0.5) is 11.4 Å². The average Bonchev–Trinajstić information content (AvgIpc) is 3.38. The molecule has 2 aromatic rings. The number of carbonyl (C=O) groups is 3. The van der Waals surface area contributed by atoms with E-state index < -0.39 is 0 Å². The van der Waals surface area contributed by atoms with Crippen molar-refractivity contribution in [3.8, 4) is 0 Å². The SMILES string of the molecule is CC1Cc2ccccc2N1C(=O)C1CCN(C(=O)C2CC(=O)N(c3ccccc3)C2)CC1. The smallest absolute Gasteiger partial charge is 0.230 e. The first-order valence-corrected chi connectivity index (χ1v) is 11.6. The van der Waals surface area contributed by atoms with Gasteiger partial charge in [0.15, 0.2) is 0 Å². The van der Waals surface area contributed by atoms with E-state index in [1.165, 1.54) is 5.56 Å². The van der Waals surface area contributed by atoms with Crippen molar-refractivity contribution in [2.24, 2.45) is 11.8 Å². The molecule has 0 aromatic heterocycles. The van der Waals surface area contributed by atoms with E-state index >= 15 is 0 Å². The fraction of sp³-hybridized carbons (Fsp3) is 0.423. The van der Waals surface area contributed by atoms with Crippen LogP contribution in [0, 0.1) is 11.8 Å². The number of hydrogen-bond donors (Lipinski definition) is 0. The molecule has 3 amide bonds. The van der Waals surface area contributed by atoms with E-state index in [1.54, 1.807) is 4.90 Å². The number of anilines is 2. The summed E-state index contributed by atoms with van der Waals surface area (Å²) in [5, 5.41) is 0. The second kappa shape index (κ2) is 8.41.